The number of nitro groups is 1. The highest BCUT2D eigenvalue weighted by atomic mass is 16.6. The predicted molar refractivity (Wildman–Crippen MR) is 68.5 cm³/mol. The molecule has 2 rings (SSSR count). The van der Waals surface area contributed by atoms with Crippen molar-refractivity contribution < 1.29 is 14.8 Å². The van der Waals surface area contributed by atoms with Gasteiger partial charge in [-0.1, -0.05) is 6.92 Å². The van der Waals surface area contributed by atoms with Gasteiger partial charge < -0.3 is 10.0 Å². The molecule has 102 valence electrons. The lowest BCUT2D eigenvalue weighted by Crippen LogP contribution is -2.34. The summed E-state index contributed by atoms with van der Waals surface area (Å²) >= 11 is 0. The van der Waals surface area contributed by atoms with E-state index in [-0.39, 0.29) is 11.3 Å². The third kappa shape index (κ3) is 2.81. The molecule has 0 aromatic carbocycles. The number of carboxylic acid groups (broad SMARTS) is 1. The molecule has 0 amide bonds. The summed E-state index contributed by atoms with van der Waals surface area (Å²) in [7, 11) is 0. The summed E-state index contributed by atoms with van der Waals surface area (Å²) in [5, 5.41) is 19.8. The van der Waals surface area contributed by atoms with Crippen molar-refractivity contribution >= 4 is 17.5 Å². The lowest BCUT2D eigenvalue weighted by molar-refractivity contribution is -0.385. The number of carboxylic acids is 1. The second-order valence-electron chi connectivity index (χ2n) is 4.80. The van der Waals surface area contributed by atoms with Gasteiger partial charge in [0.15, 0.2) is 0 Å². The van der Waals surface area contributed by atoms with E-state index in [1.165, 1.54) is 0 Å². The van der Waals surface area contributed by atoms with E-state index in [9.17, 15) is 14.9 Å². The van der Waals surface area contributed by atoms with E-state index in [1.807, 2.05) is 4.90 Å². The molecule has 0 radical (unpaired) electrons. The first kappa shape index (κ1) is 13.3. The van der Waals surface area contributed by atoms with E-state index in [1.54, 1.807) is 0 Å². The minimum Gasteiger partial charge on any atom is -0.478 e. The molecule has 0 spiro atoms. The highest BCUT2D eigenvalue weighted by Crippen LogP contribution is 2.26. The number of hydrogen-bond donors (Lipinski definition) is 1. The lowest BCUT2D eigenvalue weighted by Gasteiger charge is -2.31. The van der Waals surface area contributed by atoms with Crippen LogP contribution in [0.1, 0.15) is 30.1 Å². The van der Waals surface area contributed by atoms with Crippen LogP contribution >= 0.6 is 0 Å². The van der Waals surface area contributed by atoms with E-state index >= 15 is 0 Å². The number of rotatable bonds is 3. The Morgan fingerprint density at radius 2 is 2.16 bits per heavy atom. The van der Waals surface area contributed by atoms with Crippen molar-refractivity contribution in [2.75, 3.05) is 18.0 Å². The van der Waals surface area contributed by atoms with E-state index in [2.05, 4.69) is 11.9 Å². The second kappa shape index (κ2) is 5.21. The Morgan fingerprint density at radius 1 is 1.53 bits per heavy atom. The van der Waals surface area contributed by atoms with Crippen LogP contribution in [0, 0.1) is 16.0 Å². The highest BCUT2D eigenvalue weighted by molar-refractivity contribution is 5.94. The van der Waals surface area contributed by atoms with Crippen molar-refractivity contribution in [3.63, 3.8) is 0 Å². The molecule has 2 heterocycles. The molecule has 1 saturated heterocycles. The maximum Gasteiger partial charge on any atom is 0.339 e. The first-order valence-electron chi connectivity index (χ1n) is 6.11. The maximum absolute atomic E-state index is 11.2. The molecule has 0 atom stereocenters. The van der Waals surface area contributed by atoms with E-state index in [0.29, 0.717) is 11.7 Å². The minimum atomic E-state index is -1.19. The van der Waals surface area contributed by atoms with Gasteiger partial charge in [-0.15, -0.1) is 0 Å². The van der Waals surface area contributed by atoms with Crippen LogP contribution in [0.2, 0.25) is 0 Å². The Kier molecular flexibility index (Phi) is 3.64. The second-order valence-corrected chi connectivity index (χ2v) is 4.80. The quantitative estimate of drug-likeness (QED) is 0.662. The van der Waals surface area contributed by atoms with Gasteiger partial charge in [0.1, 0.15) is 17.6 Å². The smallest absolute Gasteiger partial charge is 0.339 e. The van der Waals surface area contributed by atoms with Crippen LogP contribution in [0.25, 0.3) is 0 Å². The van der Waals surface area contributed by atoms with Gasteiger partial charge in [0, 0.05) is 19.2 Å². The molecule has 1 aliphatic heterocycles. The van der Waals surface area contributed by atoms with Gasteiger partial charge in [-0.05, 0) is 18.8 Å². The van der Waals surface area contributed by atoms with Gasteiger partial charge in [-0.2, -0.15) is 0 Å². The average Bonchev–Trinajstić information content (AvgIpc) is 2.38. The molecule has 7 nitrogen and oxygen atoms in total. The summed E-state index contributed by atoms with van der Waals surface area (Å²) in [6.45, 7) is 3.61. The standard InChI is InChI=1S/C12H15N3O4/c1-8-2-4-14(5-3-8)11-10(12(16)17)6-9(7-13-11)15(18)19/h6-8H,2-5H2,1H3,(H,16,17). The fourth-order valence-electron chi connectivity index (χ4n) is 2.18. The van der Waals surface area contributed by atoms with Crippen LogP contribution in [0.5, 0.6) is 0 Å². The maximum atomic E-state index is 11.2. The predicted octanol–water partition coefficient (Wildman–Crippen LogP) is 1.92. The van der Waals surface area contributed by atoms with Gasteiger partial charge >= 0.3 is 5.97 Å². The number of aromatic nitrogens is 1. The molecule has 1 N–H and O–H groups in total. The van der Waals surface area contributed by atoms with Gasteiger partial charge in [-0.25, -0.2) is 9.78 Å². The first-order chi connectivity index (χ1) is 8.99. The number of piperidine rings is 1. The molecule has 0 saturated carbocycles. The summed E-state index contributed by atoms with van der Waals surface area (Å²) < 4.78 is 0. The SMILES string of the molecule is CC1CCN(c2ncc([N+](=O)[O-])cc2C(=O)O)CC1. The molecule has 7 heteroatoms. The Hall–Kier alpha value is -2.18. The molecule has 1 aliphatic rings. The fraction of sp³-hybridized carbons (Fsp3) is 0.500. The van der Waals surface area contributed by atoms with Crippen LogP contribution in [0.15, 0.2) is 12.3 Å². The molecule has 1 fully saturated rings. The summed E-state index contributed by atoms with van der Waals surface area (Å²) in [5.41, 5.74) is -0.407. The van der Waals surface area contributed by atoms with Gasteiger partial charge in [0.25, 0.3) is 5.69 Å². The Morgan fingerprint density at radius 3 is 2.68 bits per heavy atom. The van der Waals surface area contributed by atoms with E-state index < -0.39 is 10.9 Å². The summed E-state index contributed by atoms with van der Waals surface area (Å²) in [6.07, 6.45) is 3.05. The Labute approximate surface area is 110 Å². The molecule has 0 unspecified atom stereocenters. The van der Waals surface area contributed by atoms with Crippen molar-refractivity contribution in [1.29, 1.82) is 0 Å². The lowest BCUT2D eigenvalue weighted by atomic mass is 9.99. The molecule has 0 aliphatic carbocycles. The van der Waals surface area contributed by atoms with Crippen molar-refractivity contribution in [3.8, 4) is 0 Å². The first-order valence-corrected chi connectivity index (χ1v) is 6.11. The molecule has 1 aromatic heterocycles. The van der Waals surface area contributed by atoms with Gasteiger partial charge in [0.2, 0.25) is 0 Å². The number of pyridine rings is 1. The summed E-state index contributed by atoms with van der Waals surface area (Å²) in [4.78, 5) is 27.1. The zero-order chi connectivity index (χ0) is 14.0. The van der Waals surface area contributed by atoms with Crippen LogP contribution in [-0.4, -0.2) is 34.1 Å². The molecular formula is C12H15N3O4. The zero-order valence-corrected chi connectivity index (χ0v) is 10.6. The number of nitrogens with zero attached hydrogens (tertiary/aromatic N) is 3. The molecule has 19 heavy (non-hydrogen) atoms. The number of anilines is 1. The third-order valence-electron chi connectivity index (χ3n) is 3.38. The molecule has 1 aromatic rings. The fourth-order valence-corrected chi connectivity index (χ4v) is 2.18. The van der Waals surface area contributed by atoms with Gasteiger partial charge in [0.05, 0.1) is 4.92 Å². The average molecular weight is 265 g/mol. The topological polar surface area (TPSA) is 96.6 Å². The summed E-state index contributed by atoms with van der Waals surface area (Å²) in [6, 6.07) is 1.07. The Bertz CT molecular complexity index is 510. The van der Waals surface area contributed by atoms with Crippen LogP contribution < -0.4 is 4.90 Å². The molecular weight excluding hydrogens is 250 g/mol. The monoisotopic (exact) mass is 265 g/mol. The van der Waals surface area contributed by atoms with Crippen molar-refractivity contribution in [1.82, 2.24) is 4.98 Å². The van der Waals surface area contributed by atoms with Crippen LogP contribution in [-0.2, 0) is 0 Å². The number of carbonyl (C=O) groups is 1. The van der Waals surface area contributed by atoms with E-state index in [4.69, 9.17) is 5.11 Å². The minimum absolute atomic E-state index is 0.108. The summed E-state index contributed by atoms with van der Waals surface area (Å²) in [5.74, 6) is -0.252. The number of aromatic carboxylic acids is 1. The van der Waals surface area contributed by atoms with Crippen molar-refractivity contribution in [3.05, 3.63) is 27.9 Å². The normalized spacial score (nSPS) is 16.4. The zero-order valence-electron chi connectivity index (χ0n) is 10.6. The Balaban J connectivity index is 2.34. The van der Waals surface area contributed by atoms with Crippen LogP contribution in [0.3, 0.4) is 0 Å². The largest absolute Gasteiger partial charge is 0.478 e. The molecule has 0 bridgehead atoms. The van der Waals surface area contributed by atoms with Gasteiger partial charge in [-0.3, -0.25) is 10.1 Å². The van der Waals surface area contributed by atoms with Crippen LogP contribution in [0.4, 0.5) is 11.5 Å². The third-order valence-corrected chi connectivity index (χ3v) is 3.38. The number of hydrogen-bond acceptors (Lipinski definition) is 5. The van der Waals surface area contributed by atoms with Crippen molar-refractivity contribution in [2.45, 2.75) is 19.8 Å². The van der Waals surface area contributed by atoms with Crippen molar-refractivity contribution in [2.24, 2.45) is 5.92 Å². The highest BCUT2D eigenvalue weighted by Gasteiger charge is 2.24. The van der Waals surface area contributed by atoms with E-state index in [0.717, 1.165) is 38.2 Å².